The highest BCUT2D eigenvalue weighted by atomic mass is 16.2. The van der Waals surface area contributed by atoms with E-state index in [-0.39, 0.29) is 5.91 Å². The van der Waals surface area contributed by atoms with Crippen LogP contribution in [-0.2, 0) is 0 Å². The first-order valence-corrected chi connectivity index (χ1v) is 8.26. The average molecular weight is 360 g/mol. The molecule has 0 saturated carbocycles. The third kappa shape index (κ3) is 3.92. The first-order chi connectivity index (χ1) is 13.0. The molecule has 1 amide bonds. The molecule has 0 aliphatic heterocycles. The molecule has 7 heteroatoms. The summed E-state index contributed by atoms with van der Waals surface area (Å²) in [5, 5.41) is 4.12. The van der Waals surface area contributed by atoms with Gasteiger partial charge in [-0.25, -0.2) is 9.97 Å². The molecule has 3 rings (SSSR count). The lowest BCUT2D eigenvalue weighted by molar-refractivity contribution is 0.0823. The van der Waals surface area contributed by atoms with E-state index in [4.69, 9.17) is 0 Å². The van der Waals surface area contributed by atoms with Gasteiger partial charge < -0.3 is 15.2 Å². The van der Waals surface area contributed by atoms with Gasteiger partial charge in [0, 0.05) is 36.9 Å². The predicted molar refractivity (Wildman–Crippen MR) is 109 cm³/mol. The lowest BCUT2D eigenvalue weighted by Gasteiger charge is -2.07. The molecule has 1 aromatic carbocycles. The normalized spacial score (nSPS) is 11.3. The van der Waals surface area contributed by atoms with E-state index in [2.05, 4.69) is 38.6 Å². The van der Waals surface area contributed by atoms with Crippen LogP contribution >= 0.6 is 0 Å². The number of anilines is 2. The SMILES string of the molecule is C=C/C=C(\N=C)c1ccnc(Nc2ccc3cc(C(=O)N(C)C)[nH]c3c2)n1. The van der Waals surface area contributed by atoms with Gasteiger partial charge in [0.15, 0.2) is 0 Å². The van der Waals surface area contributed by atoms with Gasteiger partial charge >= 0.3 is 0 Å². The molecule has 0 saturated heterocycles. The van der Waals surface area contributed by atoms with Crippen LogP contribution in [0.5, 0.6) is 0 Å². The van der Waals surface area contributed by atoms with Crippen molar-refractivity contribution in [2.75, 3.05) is 19.4 Å². The van der Waals surface area contributed by atoms with Gasteiger partial charge in [-0.2, -0.15) is 0 Å². The molecule has 0 unspecified atom stereocenters. The Morgan fingerprint density at radius 3 is 2.81 bits per heavy atom. The molecule has 27 heavy (non-hydrogen) atoms. The Bertz CT molecular complexity index is 1050. The van der Waals surface area contributed by atoms with Crippen molar-refractivity contribution in [2.24, 2.45) is 4.99 Å². The van der Waals surface area contributed by atoms with Crippen LogP contribution in [0.4, 0.5) is 11.6 Å². The fraction of sp³-hybridized carbons (Fsp3) is 0.100. The van der Waals surface area contributed by atoms with Crippen LogP contribution in [0, 0.1) is 0 Å². The first kappa shape index (κ1) is 18.1. The quantitative estimate of drug-likeness (QED) is 0.519. The van der Waals surface area contributed by atoms with Crippen molar-refractivity contribution < 1.29 is 4.79 Å². The third-order valence-corrected chi connectivity index (χ3v) is 3.88. The Kier molecular flexibility index (Phi) is 5.12. The minimum Gasteiger partial charge on any atom is -0.350 e. The highest BCUT2D eigenvalue weighted by Gasteiger charge is 2.12. The number of aromatic nitrogens is 3. The van der Waals surface area contributed by atoms with Crippen molar-refractivity contribution in [3.05, 3.63) is 66.6 Å². The number of benzene rings is 1. The number of fused-ring (bicyclic) bond motifs is 1. The van der Waals surface area contributed by atoms with Gasteiger partial charge in [-0.05, 0) is 37.1 Å². The smallest absolute Gasteiger partial charge is 0.269 e. The molecule has 136 valence electrons. The zero-order chi connectivity index (χ0) is 19.4. The van der Waals surface area contributed by atoms with Crippen LogP contribution in [0.3, 0.4) is 0 Å². The molecular formula is C20H20N6O. The lowest BCUT2D eigenvalue weighted by Crippen LogP contribution is -2.21. The highest BCUT2D eigenvalue weighted by Crippen LogP contribution is 2.23. The number of nitrogens with zero attached hydrogens (tertiary/aromatic N) is 4. The summed E-state index contributed by atoms with van der Waals surface area (Å²) in [6, 6.07) is 9.33. The minimum absolute atomic E-state index is 0.0739. The van der Waals surface area contributed by atoms with E-state index in [0.717, 1.165) is 16.6 Å². The standard InChI is InChI=1S/C20H20N6O/c1-5-6-15(21-2)16-9-10-22-20(25-16)23-14-8-7-13-11-18(19(27)26(3)4)24-17(13)12-14/h5-12,24H,1-2H2,3-4H3,(H,22,23,25)/b15-6-. The molecule has 2 aromatic heterocycles. The molecule has 0 aliphatic carbocycles. The Balaban J connectivity index is 1.88. The Hall–Kier alpha value is -3.74. The maximum absolute atomic E-state index is 12.1. The molecular weight excluding hydrogens is 340 g/mol. The molecule has 0 fully saturated rings. The molecule has 0 atom stereocenters. The van der Waals surface area contributed by atoms with Crippen LogP contribution in [0.2, 0.25) is 0 Å². The summed E-state index contributed by atoms with van der Waals surface area (Å²) >= 11 is 0. The molecule has 0 bridgehead atoms. The number of amides is 1. The van der Waals surface area contributed by atoms with E-state index in [1.165, 1.54) is 4.90 Å². The van der Waals surface area contributed by atoms with Crippen molar-refractivity contribution in [3.63, 3.8) is 0 Å². The van der Waals surface area contributed by atoms with E-state index in [1.807, 2.05) is 24.3 Å². The van der Waals surface area contributed by atoms with Crippen LogP contribution in [-0.4, -0.2) is 46.6 Å². The first-order valence-electron chi connectivity index (χ1n) is 8.26. The van der Waals surface area contributed by atoms with Gasteiger partial charge in [-0.3, -0.25) is 9.79 Å². The zero-order valence-electron chi connectivity index (χ0n) is 15.2. The summed E-state index contributed by atoms with van der Waals surface area (Å²) in [7, 11) is 3.44. The molecule has 0 radical (unpaired) electrons. The number of carbonyl (C=O) groups excluding carboxylic acids is 1. The topological polar surface area (TPSA) is 86.3 Å². The molecule has 7 nitrogen and oxygen atoms in total. The number of nitrogens with one attached hydrogen (secondary N) is 2. The zero-order valence-corrected chi connectivity index (χ0v) is 15.2. The molecule has 2 N–H and O–H groups in total. The van der Waals surface area contributed by atoms with Crippen molar-refractivity contribution in [3.8, 4) is 0 Å². The number of hydrogen-bond acceptors (Lipinski definition) is 5. The summed E-state index contributed by atoms with van der Waals surface area (Å²) < 4.78 is 0. The van der Waals surface area contributed by atoms with Gasteiger partial charge in [0.1, 0.15) is 5.69 Å². The summed E-state index contributed by atoms with van der Waals surface area (Å²) in [6.07, 6.45) is 5.01. The van der Waals surface area contributed by atoms with Crippen LogP contribution in [0.25, 0.3) is 16.6 Å². The van der Waals surface area contributed by atoms with Crippen LogP contribution < -0.4 is 5.32 Å². The van der Waals surface area contributed by atoms with Gasteiger partial charge in [0.05, 0.1) is 11.4 Å². The van der Waals surface area contributed by atoms with Gasteiger partial charge in [0.25, 0.3) is 5.91 Å². The number of aromatic amines is 1. The fourth-order valence-corrected chi connectivity index (χ4v) is 2.58. The maximum Gasteiger partial charge on any atom is 0.269 e. The third-order valence-electron chi connectivity index (χ3n) is 3.88. The van der Waals surface area contributed by atoms with Gasteiger partial charge in [-0.15, -0.1) is 0 Å². The van der Waals surface area contributed by atoms with Crippen LogP contribution in [0.1, 0.15) is 16.2 Å². The van der Waals surface area contributed by atoms with E-state index in [0.29, 0.717) is 23.0 Å². The van der Waals surface area contributed by atoms with E-state index in [1.54, 1.807) is 38.5 Å². The summed E-state index contributed by atoms with van der Waals surface area (Å²) in [5.41, 5.74) is 3.44. The summed E-state index contributed by atoms with van der Waals surface area (Å²) in [5.74, 6) is 0.358. The fourth-order valence-electron chi connectivity index (χ4n) is 2.58. The van der Waals surface area contributed by atoms with Gasteiger partial charge in [-0.1, -0.05) is 18.7 Å². The molecule has 0 aliphatic rings. The van der Waals surface area contributed by atoms with E-state index >= 15 is 0 Å². The van der Waals surface area contributed by atoms with E-state index in [9.17, 15) is 4.79 Å². The molecule has 3 aromatic rings. The number of rotatable bonds is 6. The number of carbonyl (C=O) groups is 1. The Morgan fingerprint density at radius 1 is 1.30 bits per heavy atom. The molecule has 0 spiro atoms. The monoisotopic (exact) mass is 360 g/mol. The van der Waals surface area contributed by atoms with Gasteiger partial charge in [0.2, 0.25) is 5.95 Å². The number of aliphatic imine (C=N–C) groups is 1. The summed E-state index contributed by atoms with van der Waals surface area (Å²) in [4.78, 5) is 29.4. The second kappa shape index (κ2) is 7.65. The van der Waals surface area contributed by atoms with Crippen LogP contribution in [0.15, 0.2) is 60.3 Å². The van der Waals surface area contributed by atoms with Crippen molar-refractivity contribution in [1.29, 1.82) is 0 Å². The van der Waals surface area contributed by atoms with Crippen molar-refractivity contribution >= 4 is 40.9 Å². The minimum atomic E-state index is -0.0739. The van der Waals surface area contributed by atoms with Crippen molar-refractivity contribution in [1.82, 2.24) is 19.9 Å². The lowest BCUT2D eigenvalue weighted by atomic mass is 10.2. The van der Waals surface area contributed by atoms with Crippen molar-refractivity contribution in [2.45, 2.75) is 0 Å². The molecule has 2 heterocycles. The Labute approximate surface area is 157 Å². The highest BCUT2D eigenvalue weighted by molar-refractivity contribution is 5.98. The maximum atomic E-state index is 12.1. The average Bonchev–Trinajstić information content (AvgIpc) is 3.08. The predicted octanol–water partition coefficient (Wildman–Crippen LogP) is 3.63. The summed E-state index contributed by atoms with van der Waals surface area (Å²) in [6.45, 7) is 7.22. The number of hydrogen-bond donors (Lipinski definition) is 2. The second-order valence-corrected chi connectivity index (χ2v) is 6.02. The Morgan fingerprint density at radius 2 is 2.11 bits per heavy atom. The largest absolute Gasteiger partial charge is 0.350 e. The number of H-pyrrole nitrogens is 1. The number of allylic oxidation sites excluding steroid dienone is 2. The second-order valence-electron chi connectivity index (χ2n) is 6.02. The van der Waals surface area contributed by atoms with E-state index < -0.39 is 0 Å².